The molecule has 9 heteroatoms. The number of carbonyl (C=O) groups is 1. The number of methoxy groups -OCH3 is 1. The zero-order chi connectivity index (χ0) is 26.1. The van der Waals surface area contributed by atoms with Gasteiger partial charge in [-0.1, -0.05) is 57.2 Å². The molecular formula is C27H30N4O4S. The SMILES string of the molecule is CCc1nnc(NC(=O)/C(C#N)=C\c2ccc(OCCOc3ccc(C(C)(C)C)cc3)c(OC)c2)s1. The number of hydrogen-bond donors (Lipinski definition) is 1. The van der Waals surface area contributed by atoms with E-state index in [0.717, 1.165) is 17.2 Å². The van der Waals surface area contributed by atoms with E-state index in [4.69, 9.17) is 14.2 Å². The summed E-state index contributed by atoms with van der Waals surface area (Å²) in [6.07, 6.45) is 2.20. The molecule has 188 valence electrons. The van der Waals surface area contributed by atoms with Gasteiger partial charge in [-0.25, -0.2) is 0 Å². The Labute approximate surface area is 215 Å². The molecule has 8 nitrogen and oxygen atoms in total. The van der Waals surface area contributed by atoms with E-state index in [1.165, 1.54) is 30.1 Å². The minimum atomic E-state index is -0.553. The first kappa shape index (κ1) is 26.7. The Hall–Kier alpha value is -3.90. The van der Waals surface area contributed by atoms with E-state index >= 15 is 0 Å². The van der Waals surface area contributed by atoms with E-state index in [1.807, 2.05) is 25.1 Å². The fourth-order valence-corrected chi connectivity index (χ4v) is 3.86. The molecule has 0 aliphatic heterocycles. The van der Waals surface area contributed by atoms with Crippen molar-refractivity contribution in [2.24, 2.45) is 0 Å². The minimum Gasteiger partial charge on any atom is -0.493 e. The molecule has 0 spiro atoms. The largest absolute Gasteiger partial charge is 0.493 e. The predicted molar refractivity (Wildman–Crippen MR) is 141 cm³/mol. The van der Waals surface area contributed by atoms with Crippen LogP contribution in [0.15, 0.2) is 48.0 Å². The quantitative estimate of drug-likeness (QED) is 0.223. The van der Waals surface area contributed by atoms with Crippen LogP contribution >= 0.6 is 11.3 Å². The van der Waals surface area contributed by atoms with Crippen molar-refractivity contribution in [2.45, 2.75) is 39.5 Å². The summed E-state index contributed by atoms with van der Waals surface area (Å²) in [5.41, 5.74) is 1.89. The van der Waals surface area contributed by atoms with E-state index in [0.29, 0.717) is 35.4 Å². The van der Waals surface area contributed by atoms with Crippen molar-refractivity contribution < 1.29 is 19.0 Å². The number of benzene rings is 2. The summed E-state index contributed by atoms with van der Waals surface area (Å²) in [4.78, 5) is 12.5. The maximum absolute atomic E-state index is 12.5. The number of nitriles is 1. The normalized spacial score (nSPS) is 11.5. The van der Waals surface area contributed by atoms with Crippen LogP contribution in [0.2, 0.25) is 0 Å². The summed E-state index contributed by atoms with van der Waals surface area (Å²) in [5, 5.41) is 21.1. The maximum Gasteiger partial charge on any atom is 0.268 e. The van der Waals surface area contributed by atoms with Gasteiger partial charge in [0.25, 0.3) is 5.91 Å². The molecule has 1 aromatic heterocycles. The minimum absolute atomic E-state index is 0.0650. The van der Waals surface area contributed by atoms with Crippen molar-refractivity contribution in [1.29, 1.82) is 5.26 Å². The molecule has 3 aromatic rings. The number of aromatic nitrogens is 2. The Kier molecular flexibility index (Phi) is 9.03. The van der Waals surface area contributed by atoms with Crippen LogP contribution < -0.4 is 19.5 Å². The van der Waals surface area contributed by atoms with Crippen LogP contribution in [0.5, 0.6) is 17.2 Å². The van der Waals surface area contributed by atoms with Crippen molar-refractivity contribution in [3.8, 4) is 23.3 Å². The lowest BCUT2D eigenvalue weighted by molar-refractivity contribution is -0.112. The Bertz CT molecular complexity index is 1250. The van der Waals surface area contributed by atoms with Crippen molar-refractivity contribution in [1.82, 2.24) is 10.2 Å². The number of carbonyl (C=O) groups excluding carboxylic acids is 1. The van der Waals surface area contributed by atoms with E-state index in [1.54, 1.807) is 18.2 Å². The predicted octanol–water partition coefficient (Wildman–Crippen LogP) is 5.41. The van der Waals surface area contributed by atoms with Crippen LogP contribution in [0, 0.1) is 11.3 Å². The Morgan fingerprint density at radius 1 is 1.08 bits per heavy atom. The Morgan fingerprint density at radius 3 is 2.42 bits per heavy atom. The van der Waals surface area contributed by atoms with Gasteiger partial charge in [0.1, 0.15) is 35.6 Å². The van der Waals surface area contributed by atoms with Gasteiger partial charge in [-0.05, 0) is 53.3 Å². The molecule has 0 saturated heterocycles. The molecule has 0 unspecified atom stereocenters. The van der Waals surface area contributed by atoms with E-state index in [9.17, 15) is 10.1 Å². The van der Waals surface area contributed by atoms with Gasteiger partial charge < -0.3 is 14.2 Å². The van der Waals surface area contributed by atoms with E-state index < -0.39 is 5.91 Å². The molecule has 3 rings (SSSR count). The molecule has 0 saturated carbocycles. The number of ether oxygens (including phenoxy) is 3. The second-order valence-electron chi connectivity index (χ2n) is 8.86. The summed E-state index contributed by atoms with van der Waals surface area (Å²) < 4.78 is 17.0. The first-order valence-corrected chi connectivity index (χ1v) is 12.3. The van der Waals surface area contributed by atoms with Gasteiger partial charge in [0.05, 0.1) is 7.11 Å². The molecule has 1 N–H and O–H groups in total. The molecule has 0 aliphatic carbocycles. The van der Waals surface area contributed by atoms with E-state index in [2.05, 4.69) is 48.4 Å². The topological polar surface area (TPSA) is 106 Å². The van der Waals surface area contributed by atoms with Crippen molar-refractivity contribution in [3.63, 3.8) is 0 Å². The zero-order valence-corrected chi connectivity index (χ0v) is 21.9. The second-order valence-corrected chi connectivity index (χ2v) is 9.92. The smallest absolute Gasteiger partial charge is 0.268 e. The molecule has 1 amide bonds. The van der Waals surface area contributed by atoms with Gasteiger partial charge >= 0.3 is 0 Å². The van der Waals surface area contributed by atoms with Gasteiger partial charge in [0.15, 0.2) is 11.5 Å². The fraction of sp³-hybridized carbons (Fsp3) is 0.333. The highest BCUT2D eigenvalue weighted by Gasteiger charge is 2.14. The number of aryl methyl sites for hydroxylation is 1. The molecule has 2 aromatic carbocycles. The highest BCUT2D eigenvalue weighted by Crippen LogP contribution is 2.29. The third-order valence-corrected chi connectivity index (χ3v) is 6.17. The maximum atomic E-state index is 12.5. The van der Waals surface area contributed by atoms with Crippen LogP contribution in [0.25, 0.3) is 6.08 Å². The van der Waals surface area contributed by atoms with Crippen molar-refractivity contribution in [2.75, 3.05) is 25.6 Å². The van der Waals surface area contributed by atoms with E-state index in [-0.39, 0.29) is 11.0 Å². The Balaban J connectivity index is 1.59. The van der Waals surface area contributed by atoms with Crippen LogP contribution in [0.3, 0.4) is 0 Å². The highest BCUT2D eigenvalue weighted by molar-refractivity contribution is 7.15. The number of hydrogen-bond acceptors (Lipinski definition) is 8. The monoisotopic (exact) mass is 506 g/mol. The number of amides is 1. The number of anilines is 1. The Morgan fingerprint density at radius 2 is 1.81 bits per heavy atom. The molecule has 0 bridgehead atoms. The van der Waals surface area contributed by atoms with Crippen LogP contribution in [0.4, 0.5) is 5.13 Å². The standard InChI is InChI=1S/C27H30N4O4S/c1-6-24-30-31-26(36-24)29-25(32)19(17-28)15-18-7-12-22(23(16-18)33-5)35-14-13-34-21-10-8-20(9-11-21)27(2,3)4/h7-12,15-16H,6,13-14H2,1-5H3,(H,29,31,32)/b19-15-. The molecule has 0 radical (unpaired) electrons. The highest BCUT2D eigenvalue weighted by atomic mass is 32.1. The fourth-order valence-electron chi connectivity index (χ4n) is 3.18. The molecule has 0 atom stereocenters. The second kappa shape index (κ2) is 12.2. The lowest BCUT2D eigenvalue weighted by Gasteiger charge is -2.19. The van der Waals surface area contributed by atoms with Crippen LogP contribution in [0.1, 0.15) is 43.8 Å². The van der Waals surface area contributed by atoms with Gasteiger partial charge in [-0.15, -0.1) is 10.2 Å². The first-order valence-electron chi connectivity index (χ1n) is 11.5. The van der Waals surface area contributed by atoms with Crippen LogP contribution in [-0.2, 0) is 16.6 Å². The summed E-state index contributed by atoms with van der Waals surface area (Å²) in [6, 6.07) is 15.2. The third-order valence-electron chi connectivity index (χ3n) is 5.18. The summed E-state index contributed by atoms with van der Waals surface area (Å²) in [7, 11) is 1.53. The molecule has 0 fully saturated rings. The number of rotatable bonds is 10. The summed E-state index contributed by atoms with van der Waals surface area (Å²) in [6.45, 7) is 9.14. The van der Waals surface area contributed by atoms with Crippen LogP contribution in [-0.4, -0.2) is 36.4 Å². The third kappa shape index (κ3) is 7.30. The molecule has 36 heavy (non-hydrogen) atoms. The van der Waals surface area contributed by atoms with Crippen molar-refractivity contribution >= 4 is 28.5 Å². The van der Waals surface area contributed by atoms with Gasteiger partial charge in [0, 0.05) is 0 Å². The molecule has 1 heterocycles. The zero-order valence-electron chi connectivity index (χ0n) is 21.1. The van der Waals surface area contributed by atoms with Gasteiger partial charge in [-0.3, -0.25) is 10.1 Å². The number of nitrogens with one attached hydrogen (secondary N) is 1. The van der Waals surface area contributed by atoms with Crippen molar-refractivity contribution in [3.05, 3.63) is 64.2 Å². The summed E-state index contributed by atoms with van der Waals surface area (Å²) in [5.74, 6) is 1.24. The lowest BCUT2D eigenvalue weighted by Crippen LogP contribution is -2.13. The molecular weight excluding hydrogens is 476 g/mol. The van der Waals surface area contributed by atoms with Gasteiger partial charge in [-0.2, -0.15) is 5.26 Å². The number of nitrogens with zero attached hydrogens (tertiary/aromatic N) is 3. The first-order chi connectivity index (χ1) is 17.2. The summed E-state index contributed by atoms with van der Waals surface area (Å²) >= 11 is 1.28. The average Bonchev–Trinajstić information content (AvgIpc) is 3.32. The molecule has 0 aliphatic rings. The van der Waals surface area contributed by atoms with Gasteiger partial charge in [0.2, 0.25) is 5.13 Å². The lowest BCUT2D eigenvalue weighted by atomic mass is 9.87. The average molecular weight is 507 g/mol.